The van der Waals surface area contributed by atoms with Crippen molar-refractivity contribution in [3.8, 4) is 0 Å². The Balaban J connectivity index is 2.62. The Bertz CT molecular complexity index is 519. The summed E-state index contributed by atoms with van der Waals surface area (Å²) in [6.07, 6.45) is 2.19. The Hall–Kier alpha value is -0.750. The lowest BCUT2D eigenvalue weighted by Crippen LogP contribution is -2.41. The molecule has 1 aliphatic rings. The molecule has 1 heterocycles. The summed E-state index contributed by atoms with van der Waals surface area (Å²) in [5, 5.41) is -0.453. The summed E-state index contributed by atoms with van der Waals surface area (Å²) >= 11 is 0. The summed E-state index contributed by atoms with van der Waals surface area (Å²) in [6, 6.07) is 8.46. The summed E-state index contributed by atoms with van der Waals surface area (Å²) in [5.41, 5.74) is 2.53. The highest BCUT2D eigenvalue weighted by molar-refractivity contribution is 7.68. The Morgan fingerprint density at radius 1 is 1.00 bits per heavy atom. The molecule has 0 saturated carbocycles. The molecule has 1 aromatic carbocycles. The SMILES string of the molecule is CC(C)(C)P(=O)(N1CCCc2ccccc21)C(C)(C)C. The van der Waals surface area contributed by atoms with Gasteiger partial charge in [0, 0.05) is 22.5 Å². The quantitative estimate of drug-likeness (QED) is 0.654. The van der Waals surface area contributed by atoms with E-state index < -0.39 is 7.29 Å². The van der Waals surface area contributed by atoms with E-state index in [-0.39, 0.29) is 10.3 Å². The summed E-state index contributed by atoms with van der Waals surface area (Å²) in [6.45, 7) is 13.6. The zero-order chi connectivity index (χ0) is 15.2. The number of hydrogen-bond donors (Lipinski definition) is 0. The van der Waals surface area contributed by atoms with Crippen LogP contribution in [-0.2, 0) is 11.0 Å². The molecule has 0 aromatic heterocycles. The van der Waals surface area contributed by atoms with E-state index in [1.54, 1.807) is 0 Å². The molecule has 0 bridgehead atoms. The molecule has 1 aromatic rings. The zero-order valence-electron chi connectivity index (χ0n) is 13.7. The Labute approximate surface area is 124 Å². The van der Waals surface area contributed by atoms with Crippen LogP contribution in [0.25, 0.3) is 0 Å². The Morgan fingerprint density at radius 3 is 2.10 bits per heavy atom. The van der Waals surface area contributed by atoms with E-state index in [1.165, 1.54) is 11.3 Å². The van der Waals surface area contributed by atoms with Crippen molar-refractivity contribution in [2.24, 2.45) is 0 Å². The molecule has 0 saturated heterocycles. The van der Waals surface area contributed by atoms with E-state index in [4.69, 9.17) is 0 Å². The van der Waals surface area contributed by atoms with E-state index in [1.807, 2.05) is 0 Å². The van der Waals surface area contributed by atoms with Crippen molar-refractivity contribution in [2.45, 2.75) is 64.7 Å². The number of hydrogen-bond acceptors (Lipinski definition) is 1. The van der Waals surface area contributed by atoms with Crippen LogP contribution in [0.15, 0.2) is 24.3 Å². The lowest BCUT2D eigenvalue weighted by atomic mass is 10.0. The van der Waals surface area contributed by atoms with Crippen molar-refractivity contribution in [3.05, 3.63) is 29.8 Å². The molecule has 0 N–H and O–H groups in total. The predicted octanol–water partition coefficient (Wildman–Crippen LogP) is 5.31. The van der Waals surface area contributed by atoms with Crippen LogP contribution in [0.4, 0.5) is 5.69 Å². The van der Waals surface area contributed by atoms with Crippen LogP contribution in [0, 0.1) is 0 Å². The molecule has 112 valence electrons. The summed E-state index contributed by atoms with van der Waals surface area (Å²) < 4.78 is 16.3. The van der Waals surface area contributed by atoms with E-state index in [9.17, 15) is 4.57 Å². The minimum absolute atomic E-state index is 0.226. The summed E-state index contributed by atoms with van der Waals surface area (Å²) in [5.74, 6) is 0. The molecule has 0 spiro atoms. The van der Waals surface area contributed by atoms with Crippen molar-refractivity contribution < 1.29 is 4.57 Å². The van der Waals surface area contributed by atoms with E-state index >= 15 is 0 Å². The molecule has 0 atom stereocenters. The highest BCUT2D eigenvalue weighted by Gasteiger charge is 2.51. The van der Waals surface area contributed by atoms with Crippen LogP contribution >= 0.6 is 7.29 Å². The van der Waals surface area contributed by atoms with Gasteiger partial charge in [-0.05, 0) is 24.5 Å². The smallest absolute Gasteiger partial charge is 0.182 e. The van der Waals surface area contributed by atoms with Crippen molar-refractivity contribution >= 4 is 13.0 Å². The number of benzene rings is 1. The van der Waals surface area contributed by atoms with Gasteiger partial charge in [0.05, 0.1) is 0 Å². The second-order valence-electron chi connectivity index (χ2n) is 7.77. The maximum atomic E-state index is 14.1. The van der Waals surface area contributed by atoms with Crippen LogP contribution in [0.2, 0.25) is 0 Å². The van der Waals surface area contributed by atoms with Gasteiger partial charge in [0.1, 0.15) is 0 Å². The van der Waals surface area contributed by atoms with Gasteiger partial charge in [0.25, 0.3) is 0 Å². The largest absolute Gasteiger partial charge is 0.321 e. The monoisotopic (exact) mass is 293 g/mol. The van der Waals surface area contributed by atoms with Gasteiger partial charge in [-0.15, -0.1) is 0 Å². The topological polar surface area (TPSA) is 20.3 Å². The van der Waals surface area contributed by atoms with Crippen molar-refractivity contribution in [3.63, 3.8) is 0 Å². The van der Waals surface area contributed by atoms with Gasteiger partial charge in [0.2, 0.25) is 0 Å². The summed E-state index contributed by atoms with van der Waals surface area (Å²) in [4.78, 5) is 0. The average Bonchev–Trinajstić information content (AvgIpc) is 2.34. The molecule has 20 heavy (non-hydrogen) atoms. The first-order valence-corrected chi connectivity index (χ1v) is 9.21. The maximum Gasteiger partial charge on any atom is 0.182 e. The molecular formula is C17H28NOP. The number of aryl methyl sites for hydroxylation is 1. The second-order valence-corrected chi connectivity index (χ2v) is 12.1. The highest BCUT2D eigenvalue weighted by atomic mass is 31.2. The number of para-hydroxylation sites is 1. The van der Waals surface area contributed by atoms with E-state index in [0.29, 0.717) is 0 Å². The molecule has 2 rings (SSSR count). The zero-order valence-corrected chi connectivity index (χ0v) is 14.6. The van der Waals surface area contributed by atoms with Crippen LogP contribution in [0.5, 0.6) is 0 Å². The molecule has 2 nitrogen and oxygen atoms in total. The minimum atomic E-state index is -2.56. The predicted molar refractivity (Wildman–Crippen MR) is 89.2 cm³/mol. The Morgan fingerprint density at radius 2 is 1.55 bits per heavy atom. The first-order valence-electron chi connectivity index (χ1n) is 7.55. The van der Waals surface area contributed by atoms with Crippen molar-refractivity contribution in [2.75, 3.05) is 11.2 Å². The van der Waals surface area contributed by atoms with Crippen LogP contribution in [-0.4, -0.2) is 16.9 Å². The molecule has 0 radical (unpaired) electrons. The lowest BCUT2D eigenvalue weighted by molar-refractivity contribution is 0.510. The molecule has 0 fully saturated rings. The van der Waals surface area contributed by atoms with E-state index in [0.717, 1.165) is 19.4 Å². The van der Waals surface area contributed by atoms with Gasteiger partial charge in [0.15, 0.2) is 7.29 Å². The molecule has 1 aliphatic heterocycles. The van der Waals surface area contributed by atoms with E-state index in [2.05, 4.69) is 70.5 Å². The van der Waals surface area contributed by atoms with Crippen LogP contribution < -0.4 is 4.67 Å². The average molecular weight is 293 g/mol. The molecular weight excluding hydrogens is 265 g/mol. The third-order valence-electron chi connectivity index (χ3n) is 4.24. The fourth-order valence-electron chi connectivity index (χ4n) is 3.54. The molecule has 0 aliphatic carbocycles. The van der Waals surface area contributed by atoms with Gasteiger partial charge in [-0.2, -0.15) is 0 Å². The minimum Gasteiger partial charge on any atom is -0.321 e. The van der Waals surface area contributed by atoms with Gasteiger partial charge < -0.3 is 4.67 Å². The standard InChI is InChI=1S/C17H28NOP/c1-16(2,3)20(19,17(4,5)6)18-13-9-11-14-10-7-8-12-15(14)18/h7-8,10,12H,9,11,13H2,1-6H3. The number of nitrogens with zero attached hydrogens (tertiary/aromatic N) is 1. The van der Waals surface area contributed by atoms with Crippen LogP contribution in [0.3, 0.4) is 0 Å². The first kappa shape index (κ1) is 15.6. The number of rotatable bonds is 1. The normalized spacial score (nSPS) is 17.0. The Kier molecular flexibility index (Phi) is 3.84. The van der Waals surface area contributed by atoms with Gasteiger partial charge in [-0.3, -0.25) is 4.57 Å². The third-order valence-corrected chi connectivity index (χ3v) is 8.98. The van der Waals surface area contributed by atoms with Crippen LogP contribution in [0.1, 0.15) is 53.5 Å². The van der Waals surface area contributed by atoms with Crippen molar-refractivity contribution in [1.29, 1.82) is 0 Å². The molecule has 3 heteroatoms. The fraction of sp³-hybridized carbons (Fsp3) is 0.647. The van der Waals surface area contributed by atoms with Gasteiger partial charge >= 0.3 is 0 Å². The second kappa shape index (κ2) is 4.91. The third kappa shape index (κ3) is 2.33. The summed E-state index contributed by atoms with van der Waals surface area (Å²) in [7, 11) is -2.56. The lowest BCUT2D eigenvalue weighted by Gasteiger charge is -2.50. The molecule has 0 amide bonds. The van der Waals surface area contributed by atoms with Crippen molar-refractivity contribution in [1.82, 2.24) is 0 Å². The highest BCUT2D eigenvalue weighted by Crippen LogP contribution is 2.70. The molecule has 0 unspecified atom stereocenters. The van der Waals surface area contributed by atoms with Gasteiger partial charge in [-0.25, -0.2) is 0 Å². The number of fused-ring (bicyclic) bond motifs is 1. The first-order chi connectivity index (χ1) is 9.09. The fourth-order valence-corrected chi connectivity index (χ4v) is 7.92. The van der Waals surface area contributed by atoms with Gasteiger partial charge in [-0.1, -0.05) is 59.7 Å². The maximum absolute atomic E-state index is 14.1. The number of anilines is 1.